The van der Waals surface area contributed by atoms with Crippen LogP contribution >= 0.6 is 0 Å². The van der Waals surface area contributed by atoms with Crippen molar-refractivity contribution in [3.63, 3.8) is 0 Å². The predicted octanol–water partition coefficient (Wildman–Crippen LogP) is 2.26. The maximum Gasteiger partial charge on any atom is 0.243 e. The molecule has 2 fully saturated rings. The third kappa shape index (κ3) is 4.45. The average Bonchev–Trinajstić information content (AvgIpc) is 3.59. The zero-order chi connectivity index (χ0) is 23.8. The number of nitrogens with zero attached hydrogens (tertiary/aromatic N) is 5. The highest BCUT2D eigenvalue weighted by molar-refractivity contribution is 5.86. The summed E-state index contributed by atoms with van der Waals surface area (Å²) in [5, 5.41) is 14.1. The molecule has 2 saturated heterocycles. The van der Waals surface area contributed by atoms with E-state index in [1.54, 1.807) is 11.8 Å². The summed E-state index contributed by atoms with van der Waals surface area (Å²) < 4.78 is 0. The fourth-order valence-corrected chi connectivity index (χ4v) is 5.21. The first-order chi connectivity index (χ1) is 16.4. The maximum atomic E-state index is 13.2. The van der Waals surface area contributed by atoms with Gasteiger partial charge in [0.15, 0.2) is 5.82 Å². The number of nitrogens with one attached hydrogen (secondary N) is 3. The van der Waals surface area contributed by atoms with Crippen LogP contribution in [0.1, 0.15) is 69.3 Å². The largest absolute Gasteiger partial charge is 0.350 e. The topological polar surface area (TPSA) is 119 Å². The van der Waals surface area contributed by atoms with Crippen LogP contribution in [0.15, 0.2) is 6.07 Å². The smallest absolute Gasteiger partial charge is 0.243 e. The molecule has 1 aliphatic carbocycles. The first kappa shape index (κ1) is 22.6. The number of likely N-dealkylation sites (tertiary alicyclic amines) is 1. The van der Waals surface area contributed by atoms with Gasteiger partial charge in [-0.15, -0.1) is 0 Å². The minimum absolute atomic E-state index is 0.000358. The van der Waals surface area contributed by atoms with Gasteiger partial charge in [-0.2, -0.15) is 10.1 Å². The van der Waals surface area contributed by atoms with Crippen molar-refractivity contribution >= 4 is 29.4 Å². The number of aryl methyl sites for hydroxylation is 1. The van der Waals surface area contributed by atoms with Crippen molar-refractivity contribution in [1.29, 1.82) is 0 Å². The van der Waals surface area contributed by atoms with E-state index >= 15 is 0 Å². The minimum Gasteiger partial charge on any atom is -0.350 e. The van der Waals surface area contributed by atoms with Crippen molar-refractivity contribution in [1.82, 2.24) is 30.4 Å². The summed E-state index contributed by atoms with van der Waals surface area (Å²) >= 11 is 0. The number of rotatable bonds is 6. The average molecular weight is 467 g/mol. The molecule has 10 heteroatoms. The Bertz CT molecular complexity index is 1080. The molecule has 34 heavy (non-hydrogen) atoms. The molecule has 2 amide bonds. The van der Waals surface area contributed by atoms with Crippen LogP contribution in [-0.4, -0.2) is 68.6 Å². The Morgan fingerprint density at radius 1 is 1.15 bits per heavy atom. The lowest BCUT2D eigenvalue weighted by Crippen LogP contribution is -2.48. The molecule has 3 N–H and O–H groups in total. The first-order valence-corrected chi connectivity index (χ1v) is 12.4. The van der Waals surface area contributed by atoms with Crippen LogP contribution in [-0.2, 0) is 22.4 Å². The number of aromatic amines is 1. The molecule has 0 aromatic carbocycles. The van der Waals surface area contributed by atoms with Crippen LogP contribution in [0.5, 0.6) is 0 Å². The number of anilines is 3. The summed E-state index contributed by atoms with van der Waals surface area (Å²) in [6.45, 7) is 7.86. The van der Waals surface area contributed by atoms with Gasteiger partial charge in [-0.3, -0.25) is 14.7 Å². The van der Waals surface area contributed by atoms with Gasteiger partial charge < -0.3 is 20.4 Å². The van der Waals surface area contributed by atoms with Crippen LogP contribution in [0.3, 0.4) is 0 Å². The van der Waals surface area contributed by atoms with Gasteiger partial charge in [0, 0.05) is 49.9 Å². The van der Waals surface area contributed by atoms with E-state index in [0.29, 0.717) is 25.0 Å². The number of hydrogen-bond acceptors (Lipinski definition) is 7. The standard InChI is InChI=1S/C24H34N8O2/c1-14(2)19-12-21(30-29-19)27-22-17-6-4-7-18(17)26-24(28-22)32-10-5-8-20(32)23(34)25-16-9-11-31(13-16)15(3)33/h12,14,16,20H,4-11,13H2,1-3H3,(H,25,34)(H2,26,27,28,29,30)/t16-,20-/m0/s1. The molecule has 2 atom stereocenters. The van der Waals surface area contributed by atoms with Crippen LogP contribution in [0, 0.1) is 0 Å². The van der Waals surface area contributed by atoms with Gasteiger partial charge in [0.2, 0.25) is 17.8 Å². The van der Waals surface area contributed by atoms with Crippen LogP contribution in [0.2, 0.25) is 0 Å². The summed E-state index contributed by atoms with van der Waals surface area (Å²) in [6.07, 6.45) is 5.41. The molecule has 4 heterocycles. The zero-order valence-corrected chi connectivity index (χ0v) is 20.2. The molecule has 0 saturated carbocycles. The Kier molecular flexibility index (Phi) is 6.14. The summed E-state index contributed by atoms with van der Waals surface area (Å²) in [7, 11) is 0. The summed E-state index contributed by atoms with van der Waals surface area (Å²) in [4.78, 5) is 38.4. The van der Waals surface area contributed by atoms with Crippen LogP contribution in [0.25, 0.3) is 0 Å². The van der Waals surface area contributed by atoms with Gasteiger partial charge in [0.05, 0.1) is 5.69 Å². The van der Waals surface area contributed by atoms with Crippen molar-refractivity contribution in [2.24, 2.45) is 0 Å². The number of carbonyl (C=O) groups is 2. The van der Waals surface area contributed by atoms with E-state index in [1.165, 1.54) is 0 Å². The van der Waals surface area contributed by atoms with Crippen molar-refractivity contribution in [2.45, 2.75) is 77.3 Å². The number of H-pyrrole nitrogens is 1. The molecular formula is C24H34N8O2. The Morgan fingerprint density at radius 3 is 2.74 bits per heavy atom. The van der Waals surface area contributed by atoms with E-state index in [9.17, 15) is 9.59 Å². The molecule has 182 valence electrons. The third-order valence-corrected chi connectivity index (χ3v) is 7.18. The summed E-state index contributed by atoms with van der Waals surface area (Å²) in [5.41, 5.74) is 3.28. The molecule has 5 rings (SSSR count). The van der Waals surface area contributed by atoms with Gasteiger partial charge in [0.1, 0.15) is 11.9 Å². The van der Waals surface area contributed by atoms with Gasteiger partial charge in [0.25, 0.3) is 0 Å². The number of amides is 2. The number of aromatic nitrogens is 4. The summed E-state index contributed by atoms with van der Waals surface area (Å²) in [5.74, 6) is 2.56. The third-order valence-electron chi connectivity index (χ3n) is 7.18. The lowest BCUT2D eigenvalue weighted by atomic mass is 10.1. The quantitative estimate of drug-likeness (QED) is 0.597. The Balaban J connectivity index is 1.34. The van der Waals surface area contributed by atoms with E-state index in [4.69, 9.17) is 9.97 Å². The second-order valence-corrected chi connectivity index (χ2v) is 9.95. The lowest BCUT2D eigenvalue weighted by Gasteiger charge is -2.26. The maximum absolute atomic E-state index is 13.2. The van der Waals surface area contributed by atoms with Gasteiger partial charge in [-0.05, 0) is 44.4 Å². The first-order valence-electron chi connectivity index (χ1n) is 12.4. The highest BCUT2D eigenvalue weighted by Gasteiger charge is 2.36. The number of carbonyl (C=O) groups excluding carboxylic acids is 2. The highest BCUT2D eigenvalue weighted by Crippen LogP contribution is 2.32. The molecule has 0 radical (unpaired) electrons. The second-order valence-electron chi connectivity index (χ2n) is 9.95. The molecule has 2 aromatic rings. The number of hydrogen-bond donors (Lipinski definition) is 3. The minimum atomic E-state index is -0.295. The molecule has 2 aromatic heterocycles. The predicted molar refractivity (Wildman–Crippen MR) is 129 cm³/mol. The van der Waals surface area contributed by atoms with Crippen molar-refractivity contribution in [3.05, 3.63) is 23.0 Å². The van der Waals surface area contributed by atoms with E-state index < -0.39 is 0 Å². The van der Waals surface area contributed by atoms with Gasteiger partial charge in [-0.1, -0.05) is 13.8 Å². The van der Waals surface area contributed by atoms with Crippen LogP contribution in [0.4, 0.5) is 17.6 Å². The highest BCUT2D eigenvalue weighted by atomic mass is 16.2. The van der Waals surface area contributed by atoms with E-state index in [-0.39, 0.29) is 23.9 Å². The van der Waals surface area contributed by atoms with E-state index in [0.717, 1.165) is 73.7 Å². The Hall–Kier alpha value is -3.17. The molecule has 0 spiro atoms. The normalized spacial score (nSPS) is 21.9. The Morgan fingerprint density at radius 2 is 2.00 bits per heavy atom. The fraction of sp³-hybridized carbons (Fsp3) is 0.625. The molecular weight excluding hydrogens is 432 g/mol. The molecule has 0 unspecified atom stereocenters. The Labute approximate surface area is 199 Å². The molecule has 0 bridgehead atoms. The zero-order valence-electron chi connectivity index (χ0n) is 20.2. The van der Waals surface area contributed by atoms with E-state index in [1.807, 2.05) is 11.0 Å². The SMILES string of the molecule is CC(=O)N1CC[C@H](NC(=O)[C@@H]2CCCN2c2nc3c(c(Nc4cc(C(C)C)[nH]n4)n2)CCC3)C1. The van der Waals surface area contributed by atoms with Crippen LogP contribution < -0.4 is 15.5 Å². The van der Waals surface area contributed by atoms with Crippen molar-refractivity contribution in [2.75, 3.05) is 29.9 Å². The lowest BCUT2D eigenvalue weighted by molar-refractivity contribution is -0.128. The van der Waals surface area contributed by atoms with Crippen molar-refractivity contribution < 1.29 is 9.59 Å². The van der Waals surface area contributed by atoms with E-state index in [2.05, 4.69) is 34.7 Å². The van der Waals surface area contributed by atoms with Gasteiger partial charge >= 0.3 is 0 Å². The number of fused-ring (bicyclic) bond motifs is 1. The monoisotopic (exact) mass is 466 g/mol. The fourth-order valence-electron chi connectivity index (χ4n) is 5.21. The van der Waals surface area contributed by atoms with Gasteiger partial charge in [-0.25, -0.2) is 4.98 Å². The second kappa shape index (κ2) is 9.23. The molecule has 3 aliphatic rings. The van der Waals surface area contributed by atoms with Crippen molar-refractivity contribution in [3.8, 4) is 0 Å². The summed E-state index contributed by atoms with van der Waals surface area (Å²) in [6, 6.07) is 1.73. The molecule has 2 aliphatic heterocycles. The molecule has 10 nitrogen and oxygen atoms in total.